The molecule has 5 amide bonds. The first-order valence-corrected chi connectivity index (χ1v) is 28.0. The van der Waals surface area contributed by atoms with Crippen molar-refractivity contribution < 1.29 is 57.3 Å². The highest BCUT2D eigenvalue weighted by atomic mass is 16.5. The number of hydrogen-bond donors (Lipinski definition) is 2. The highest BCUT2D eigenvalue weighted by Crippen LogP contribution is 2.39. The SMILES string of the molecule is CCC(C)(C)C(=O)C(=O)N1CCCC[C@H]1C(=O)O[C@H](CCc1ccc(C)c(C)c1)c1cccc(OCC(=O)CCCCCCCNC(=O)COc2c(C)cc(N=Nc3cccc4c3CN(C3CCC(=O)NC3=O)C4=O)cc2OC)c1. The van der Waals surface area contributed by atoms with Gasteiger partial charge >= 0.3 is 5.97 Å². The standard InChI is InChI=1S/C62H76N6O12/c1-8-62(5,6)57(72)60(75)67-31-15-13-23-51(67)61(76)80-52(28-26-42-25-24-39(2)40(3)32-42)43-18-16-20-46(34-43)78-37-45(69)19-12-10-9-11-14-30-63-55(71)38-79-56-41(4)33-44(35-53(56)77-7)65-66-49-22-17-21-47-48(49)36-68(59(47)74)50-27-29-54(70)64-58(50)73/h16-18,20-22,24-25,32-35,50-52H,8-15,19,23,26-31,36-38H2,1-7H3,(H,63,71)(H,64,70,73)/t50?,51-,52+/m0/s1. The Hall–Kier alpha value is -7.76. The van der Waals surface area contributed by atoms with Crippen molar-refractivity contribution in [1.29, 1.82) is 0 Å². The van der Waals surface area contributed by atoms with Crippen LogP contribution < -0.4 is 24.8 Å². The van der Waals surface area contributed by atoms with Gasteiger partial charge in [0.15, 0.2) is 23.9 Å². The molecule has 80 heavy (non-hydrogen) atoms. The Bertz CT molecular complexity index is 2990. The molecule has 0 spiro atoms. The molecule has 3 atom stereocenters. The van der Waals surface area contributed by atoms with Crippen LogP contribution in [0.2, 0.25) is 0 Å². The Kier molecular flexibility index (Phi) is 20.9. The Morgan fingerprint density at radius 1 is 0.825 bits per heavy atom. The van der Waals surface area contributed by atoms with Crippen molar-refractivity contribution in [3.05, 3.63) is 112 Å². The fourth-order valence-electron chi connectivity index (χ4n) is 10.1. The summed E-state index contributed by atoms with van der Waals surface area (Å²) in [5, 5.41) is 14.1. The molecule has 0 saturated carbocycles. The molecular formula is C62H76N6O12. The van der Waals surface area contributed by atoms with Gasteiger partial charge in [0.1, 0.15) is 30.5 Å². The first-order chi connectivity index (χ1) is 38.4. The molecule has 18 heteroatoms. The van der Waals surface area contributed by atoms with E-state index >= 15 is 0 Å². The topological polar surface area (TPSA) is 229 Å². The lowest BCUT2D eigenvalue weighted by atomic mass is 9.84. The quantitative estimate of drug-likeness (QED) is 0.0187. The fraction of sp³-hybridized carbons (Fsp3) is 0.484. The number of nitrogens with zero attached hydrogens (tertiary/aromatic N) is 4. The molecule has 3 aliphatic heterocycles. The molecule has 426 valence electrons. The molecule has 4 aromatic carbocycles. The van der Waals surface area contributed by atoms with E-state index in [4.69, 9.17) is 18.9 Å². The van der Waals surface area contributed by atoms with E-state index in [1.807, 2.05) is 19.1 Å². The number of imide groups is 1. The smallest absolute Gasteiger partial charge is 0.329 e. The summed E-state index contributed by atoms with van der Waals surface area (Å²) in [4.78, 5) is 107. The third-order valence-electron chi connectivity index (χ3n) is 15.5. The van der Waals surface area contributed by atoms with Crippen molar-refractivity contribution in [2.24, 2.45) is 15.6 Å². The number of fused-ring (bicyclic) bond motifs is 1. The number of likely N-dealkylation sites (tertiary alicyclic amines) is 1. The summed E-state index contributed by atoms with van der Waals surface area (Å²) in [5.41, 5.74) is 5.96. The molecule has 1 unspecified atom stereocenters. The Balaban J connectivity index is 0.822. The van der Waals surface area contributed by atoms with Crippen LogP contribution in [0.4, 0.5) is 11.4 Å². The van der Waals surface area contributed by atoms with Crippen LogP contribution >= 0.6 is 0 Å². The minimum Gasteiger partial charge on any atom is -0.493 e. The van der Waals surface area contributed by atoms with E-state index < -0.39 is 47.2 Å². The fourth-order valence-corrected chi connectivity index (χ4v) is 10.1. The van der Waals surface area contributed by atoms with Gasteiger partial charge in [0.05, 0.1) is 18.5 Å². The number of methoxy groups -OCH3 is 1. The zero-order chi connectivity index (χ0) is 57.5. The van der Waals surface area contributed by atoms with Gasteiger partial charge in [-0.1, -0.05) is 76.4 Å². The minimum absolute atomic E-state index is 0.0375. The maximum absolute atomic E-state index is 14.0. The summed E-state index contributed by atoms with van der Waals surface area (Å²) < 4.78 is 23.8. The van der Waals surface area contributed by atoms with Gasteiger partial charge in [-0.15, -0.1) is 0 Å². The van der Waals surface area contributed by atoms with E-state index in [0.29, 0.717) is 109 Å². The van der Waals surface area contributed by atoms with Crippen LogP contribution in [0.3, 0.4) is 0 Å². The van der Waals surface area contributed by atoms with E-state index in [1.54, 1.807) is 63.2 Å². The number of amides is 5. The number of ketones is 2. The average molecular weight is 1100 g/mol. The van der Waals surface area contributed by atoms with Gasteiger partial charge in [0.25, 0.3) is 17.7 Å². The van der Waals surface area contributed by atoms with E-state index in [2.05, 4.69) is 52.9 Å². The number of carbonyl (C=O) groups excluding carboxylic acids is 8. The number of carbonyl (C=O) groups is 8. The summed E-state index contributed by atoms with van der Waals surface area (Å²) in [7, 11) is 1.49. The number of hydrogen-bond acceptors (Lipinski definition) is 14. The number of benzene rings is 4. The largest absolute Gasteiger partial charge is 0.493 e. The first kappa shape index (κ1) is 59.9. The second-order valence-corrected chi connectivity index (χ2v) is 21.7. The van der Waals surface area contributed by atoms with Crippen molar-refractivity contribution in [2.45, 2.75) is 156 Å². The van der Waals surface area contributed by atoms with Gasteiger partial charge in [0.2, 0.25) is 17.6 Å². The van der Waals surface area contributed by atoms with Crippen LogP contribution in [0.1, 0.15) is 154 Å². The van der Waals surface area contributed by atoms with E-state index in [9.17, 15) is 38.4 Å². The zero-order valence-electron chi connectivity index (χ0n) is 47.3. The first-order valence-electron chi connectivity index (χ1n) is 28.0. The van der Waals surface area contributed by atoms with Crippen molar-refractivity contribution in [3.8, 4) is 17.2 Å². The number of aryl methyl sites for hydroxylation is 4. The molecule has 2 N–H and O–H groups in total. The summed E-state index contributed by atoms with van der Waals surface area (Å²) in [6.07, 6.45) is 7.55. The lowest BCUT2D eigenvalue weighted by Crippen LogP contribution is -2.53. The third-order valence-corrected chi connectivity index (χ3v) is 15.5. The number of Topliss-reactive ketones (excluding diaryl/α,β-unsaturated/α-hetero) is 2. The van der Waals surface area contributed by atoms with Crippen molar-refractivity contribution in [3.63, 3.8) is 0 Å². The predicted octanol–water partition coefficient (Wildman–Crippen LogP) is 9.88. The Labute approximate surface area is 468 Å². The monoisotopic (exact) mass is 1100 g/mol. The van der Waals surface area contributed by atoms with Gasteiger partial charge < -0.3 is 34.1 Å². The summed E-state index contributed by atoms with van der Waals surface area (Å²) >= 11 is 0. The normalized spacial score (nSPS) is 16.7. The van der Waals surface area contributed by atoms with E-state index in [-0.39, 0.29) is 56.1 Å². The van der Waals surface area contributed by atoms with Crippen molar-refractivity contribution in [2.75, 3.05) is 33.4 Å². The highest BCUT2D eigenvalue weighted by molar-refractivity contribution is 6.38. The van der Waals surface area contributed by atoms with Gasteiger partial charge in [-0.05, 0) is 137 Å². The van der Waals surface area contributed by atoms with Crippen LogP contribution in [-0.4, -0.2) is 102 Å². The van der Waals surface area contributed by atoms with Crippen molar-refractivity contribution >= 4 is 58.4 Å². The Morgan fingerprint density at radius 3 is 2.36 bits per heavy atom. The van der Waals surface area contributed by atoms with Crippen LogP contribution in [0.25, 0.3) is 0 Å². The molecule has 18 nitrogen and oxygen atoms in total. The van der Waals surface area contributed by atoms with Crippen molar-refractivity contribution in [1.82, 2.24) is 20.4 Å². The van der Waals surface area contributed by atoms with Crippen LogP contribution in [-0.2, 0) is 51.3 Å². The number of piperidine rings is 2. The van der Waals surface area contributed by atoms with Crippen LogP contribution in [0, 0.1) is 26.2 Å². The number of esters is 1. The summed E-state index contributed by atoms with van der Waals surface area (Å²) in [6.45, 7) is 11.9. The maximum atomic E-state index is 14.0. The molecule has 7 rings (SSSR count). The number of unbranched alkanes of at least 4 members (excludes halogenated alkanes) is 4. The molecule has 0 aliphatic carbocycles. The number of azo groups is 1. The molecule has 3 heterocycles. The molecule has 0 radical (unpaired) electrons. The predicted molar refractivity (Wildman–Crippen MR) is 299 cm³/mol. The third kappa shape index (κ3) is 15.5. The minimum atomic E-state index is -0.868. The lowest BCUT2D eigenvalue weighted by molar-refractivity contribution is -0.164. The van der Waals surface area contributed by atoms with Gasteiger partial charge in [-0.25, -0.2) is 4.79 Å². The van der Waals surface area contributed by atoms with Gasteiger partial charge in [0, 0.05) is 55.1 Å². The molecule has 0 bridgehead atoms. The number of nitrogens with one attached hydrogen (secondary N) is 2. The molecule has 4 aromatic rings. The second kappa shape index (κ2) is 27.9. The molecule has 0 aromatic heterocycles. The van der Waals surface area contributed by atoms with Gasteiger partial charge in [-0.3, -0.25) is 38.9 Å². The second-order valence-electron chi connectivity index (χ2n) is 21.7. The van der Waals surface area contributed by atoms with Crippen LogP contribution in [0.5, 0.6) is 17.2 Å². The molecular weight excluding hydrogens is 1020 g/mol. The highest BCUT2D eigenvalue weighted by Gasteiger charge is 2.42. The molecule has 3 aliphatic rings. The maximum Gasteiger partial charge on any atom is 0.329 e. The van der Waals surface area contributed by atoms with Crippen LogP contribution in [0.15, 0.2) is 83.0 Å². The summed E-state index contributed by atoms with van der Waals surface area (Å²) in [5.74, 6) is -1.94. The zero-order valence-corrected chi connectivity index (χ0v) is 47.3. The number of ether oxygens (including phenoxy) is 4. The molecule has 2 fully saturated rings. The molecule has 2 saturated heterocycles. The van der Waals surface area contributed by atoms with E-state index in [1.165, 1.54) is 22.5 Å². The Morgan fingerprint density at radius 2 is 1.60 bits per heavy atom. The van der Waals surface area contributed by atoms with E-state index in [0.717, 1.165) is 43.2 Å². The van der Waals surface area contributed by atoms with Gasteiger partial charge in [-0.2, -0.15) is 10.2 Å². The summed E-state index contributed by atoms with van der Waals surface area (Å²) in [6, 6.07) is 20.4. The number of rotatable bonds is 27. The average Bonchev–Trinajstić information content (AvgIpc) is 3.79. The lowest BCUT2D eigenvalue weighted by Gasteiger charge is -2.36.